The number of amides is 2. The number of fused-ring (bicyclic) bond motifs is 1. The molecule has 2 amide bonds. The first kappa shape index (κ1) is 18.2. The van der Waals surface area contributed by atoms with Gasteiger partial charge in [0.25, 0.3) is 0 Å². The zero-order valence-corrected chi connectivity index (χ0v) is 16.4. The summed E-state index contributed by atoms with van der Waals surface area (Å²) in [5.74, 6) is -0.0159. The molecule has 3 aromatic rings. The SMILES string of the molecule is COC(=O)c1sc2ccc(NC(=O)Nc3cccc(Br)c3)cc2c1OC. The van der Waals surface area contributed by atoms with Crippen LogP contribution in [0.25, 0.3) is 10.1 Å². The Hall–Kier alpha value is -2.58. The van der Waals surface area contributed by atoms with Crippen LogP contribution < -0.4 is 15.4 Å². The third kappa shape index (κ3) is 3.81. The maximum absolute atomic E-state index is 12.2. The molecule has 1 aromatic heterocycles. The van der Waals surface area contributed by atoms with E-state index in [9.17, 15) is 9.59 Å². The maximum atomic E-state index is 12.2. The lowest BCUT2D eigenvalue weighted by Crippen LogP contribution is -2.19. The van der Waals surface area contributed by atoms with Crippen LogP contribution in [0, 0.1) is 0 Å². The van der Waals surface area contributed by atoms with Gasteiger partial charge in [0.15, 0.2) is 10.6 Å². The Labute approximate surface area is 162 Å². The molecule has 0 unspecified atom stereocenters. The van der Waals surface area contributed by atoms with Crippen molar-refractivity contribution in [2.24, 2.45) is 0 Å². The Kier molecular flexibility index (Phi) is 5.43. The molecule has 0 saturated carbocycles. The summed E-state index contributed by atoms with van der Waals surface area (Å²) in [6.07, 6.45) is 0. The second-order valence-corrected chi connectivity index (χ2v) is 7.22. The molecule has 0 bridgehead atoms. The fourth-order valence-corrected chi connectivity index (χ4v) is 3.91. The largest absolute Gasteiger partial charge is 0.494 e. The van der Waals surface area contributed by atoms with Crippen LogP contribution in [0.1, 0.15) is 9.67 Å². The fraction of sp³-hybridized carbons (Fsp3) is 0.111. The van der Waals surface area contributed by atoms with Crippen molar-refractivity contribution in [2.45, 2.75) is 0 Å². The zero-order chi connectivity index (χ0) is 18.7. The van der Waals surface area contributed by atoms with Crippen molar-refractivity contribution < 1.29 is 19.1 Å². The van der Waals surface area contributed by atoms with Gasteiger partial charge in [0.1, 0.15) is 0 Å². The number of nitrogens with one attached hydrogen (secondary N) is 2. The van der Waals surface area contributed by atoms with Crippen molar-refractivity contribution in [1.82, 2.24) is 0 Å². The molecular formula is C18H15BrN2O4S. The Balaban J connectivity index is 1.84. The number of carbonyl (C=O) groups excluding carboxylic acids is 2. The minimum atomic E-state index is -0.454. The van der Waals surface area contributed by atoms with Gasteiger partial charge in [-0.1, -0.05) is 22.0 Å². The first-order valence-electron chi connectivity index (χ1n) is 7.54. The normalized spacial score (nSPS) is 10.4. The molecule has 8 heteroatoms. The highest BCUT2D eigenvalue weighted by atomic mass is 79.9. The highest BCUT2D eigenvalue weighted by Gasteiger charge is 2.20. The van der Waals surface area contributed by atoms with E-state index in [4.69, 9.17) is 9.47 Å². The van der Waals surface area contributed by atoms with E-state index in [0.29, 0.717) is 22.0 Å². The van der Waals surface area contributed by atoms with Crippen LogP contribution in [0.2, 0.25) is 0 Å². The second kappa shape index (κ2) is 7.76. The number of ether oxygens (including phenoxy) is 2. The first-order valence-corrected chi connectivity index (χ1v) is 9.15. The first-order chi connectivity index (χ1) is 12.5. The summed E-state index contributed by atoms with van der Waals surface area (Å²) in [5, 5.41) is 6.27. The lowest BCUT2D eigenvalue weighted by atomic mass is 10.2. The Bertz CT molecular complexity index is 986. The maximum Gasteiger partial charge on any atom is 0.351 e. The third-order valence-corrected chi connectivity index (χ3v) is 5.18. The molecule has 3 rings (SSSR count). The topological polar surface area (TPSA) is 76.7 Å². The number of benzene rings is 2. The van der Waals surface area contributed by atoms with E-state index >= 15 is 0 Å². The molecule has 0 radical (unpaired) electrons. The number of anilines is 2. The van der Waals surface area contributed by atoms with Crippen molar-refractivity contribution in [3.8, 4) is 5.75 Å². The summed E-state index contributed by atoms with van der Waals surface area (Å²) in [7, 11) is 2.82. The summed E-state index contributed by atoms with van der Waals surface area (Å²) >= 11 is 4.64. The average Bonchev–Trinajstić information content (AvgIpc) is 2.98. The molecule has 6 nitrogen and oxygen atoms in total. The number of hydrogen-bond acceptors (Lipinski definition) is 5. The standard InChI is InChI=1S/C18H15BrN2O4S/c1-24-15-13-9-12(6-7-14(13)26-16(15)17(22)25-2)21-18(23)20-11-5-3-4-10(19)8-11/h3-9H,1-2H3,(H2,20,21,23). The van der Waals surface area contributed by atoms with Crippen LogP contribution >= 0.6 is 27.3 Å². The number of rotatable bonds is 4. The number of urea groups is 1. The van der Waals surface area contributed by atoms with E-state index in [2.05, 4.69) is 26.6 Å². The van der Waals surface area contributed by atoms with Gasteiger partial charge >= 0.3 is 12.0 Å². The molecule has 2 aromatic carbocycles. The van der Waals surface area contributed by atoms with Crippen LogP contribution in [-0.4, -0.2) is 26.2 Å². The lowest BCUT2D eigenvalue weighted by molar-refractivity contribution is 0.0603. The van der Waals surface area contributed by atoms with Crippen molar-refractivity contribution >= 4 is 60.7 Å². The van der Waals surface area contributed by atoms with E-state index in [1.807, 2.05) is 18.2 Å². The van der Waals surface area contributed by atoms with Crippen LogP contribution in [-0.2, 0) is 4.74 Å². The molecule has 134 valence electrons. The van der Waals surface area contributed by atoms with Crippen molar-refractivity contribution in [3.05, 3.63) is 51.8 Å². The van der Waals surface area contributed by atoms with Gasteiger partial charge in [-0.2, -0.15) is 0 Å². The van der Waals surface area contributed by atoms with Gasteiger partial charge in [0, 0.05) is 25.9 Å². The molecular weight excluding hydrogens is 420 g/mol. The molecule has 26 heavy (non-hydrogen) atoms. The number of thiophene rings is 1. The number of esters is 1. The minimum absolute atomic E-state index is 0.371. The van der Waals surface area contributed by atoms with Crippen molar-refractivity contribution in [1.29, 1.82) is 0 Å². The molecule has 0 aliphatic carbocycles. The number of carbonyl (C=O) groups is 2. The van der Waals surface area contributed by atoms with E-state index in [1.54, 1.807) is 24.3 Å². The van der Waals surface area contributed by atoms with Gasteiger partial charge in [-0.3, -0.25) is 0 Å². The van der Waals surface area contributed by atoms with Gasteiger partial charge in [0.05, 0.1) is 14.2 Å². The van der Waals surface area contributed by atoms with E-state index in [0.717, 1.165) is 14.6 Å². The average molecular weight is 435 g/mol. The van der Waals surface area contributed by atoms with Crippen LogP contribution in [0.3, 0.4) is 0 Å². The van der Waals surface area contributed by atoms with Crippen molar-refractivity contribution in [2.75, 3.05) is 24.9 Å². The quantitative estimate of drug-likeness (QED) is 0.559. The summed E-state index contributed by atoms with van der Waals surface area (Å²) < 4.78 is 11.9. The number of hydrogen-bond donors (Lipinski definition) is 2. The second-order valence-electron chi connectivity index (χ2n) is 5.26. The van der Waals surface area contributed by atoms with Gasteiger partial charge in [-0.25, -0.2) is 9.59 Å². The summed E-state index contributed by atoms with van der Waals surface area (Å²) in [4.78, 5) is 24.5. The highest BCUT2D eigenvalue weighted by Crippen LogP contribution is 2.39. The minimum Gasteiger partial charge on any atom is -0.494 e. The summed E-state index contributed by atoms with van der Waals surface area (Å²) in [5.41, 5.74) is 1.25. The lowest BCUT2D eigenvalue weighted by Gasteiger charge is -2.08. The van der Waals surface area contributed by atoms with Gasteiger partial charge < -0.3 is 20.1 Å². The smallest absolute Gasteiger partial charge is 0.351 e. The molecule has 0 fully saturated rings. The number of halogens is 1. The molecule has 0 aliphatic heterocycles. The Morgan fingerprint density at radius 2 is 1.77 bits per heavy atom. The summed E-state index contributed by atoms with van der Waals surface area (Å²) in [6, 6.07) is 12.3. The van der Waals surface area contributed by atoms with Gasteiger partial charge in [0.2, 0.25) is 0 Å². The number of methoxy groups -OCH3 is 2. The Morgan fingerprint density at radius 1 is 1.04 bits per heavy atom. The predicted octanol–water partition coefficient (Wildman–Crippen LogP) is 5.10. The zero-order valence-electron chi connectivity index (χ0n) is 14.0. The van der Waals surface area contributed by atoms with Crippen LogP contribution in [0.4, 0.5) is 16.2 Å². The predicted molar refractivity (Wildman–Crippen MR) is 106 cm³/mol. The van der Waals surface area contributed by atoms with Crippen LogP contribution in [0.5, 0.6) is 5.75 Å². The fourth-order valence-electron chi connectivity index (χ4n) is 2.44. The molecule has 0 saturated heterocycles. The molecule has 2 N–H and O–H groups in total. The van der Waals surface area contributed by atoms with Crippen molar-refractivity contribution in [3.63, 3.8) is 0 Å². The Morgan fingerprint density at radius 3 is 2.42 bits per heavy atom. The van der Waals surface area contributed by atoms with E-state index in [1.165, 1.54) is 25.6 Å². The van der Waals surface area contributed by atoms with Crippen LogP contribution in [0.15, 0.2) is 46.9 Å². The third-order valence-electron chi connectivity index (χ3n) is 3.56. The van der Waals surface area contributed by atoms with Gasteiger partial charge in [-0.05, 0) is 36.4 Å². The summed E-state index contributed by atoms with van der Waals surface area (Å²) in [6.45, 7) is 0. The molecule has 1 heterocycles. The van der Waals surface area contributed by atoms with E-state index in [-0.39, 0.29) is 6.03 Å². The molecule has 0 spiro atoms. The van der Waals surface area contributed by atoms with E-state index < -0.39 is 5.97 Å². The highest BCUT2D eigenvalue weighted by molar-refractivity contribution is 9.10. The monoisotopic (exact) mass is 434 g/mol. The van der Waals surface area contributed by atoms with Gasteiger partial charge in [-0.15, -0.1) is 11.3 Å². The molecule has 0 atom stereocenters. The molecule has 0 aliphatic rings.